The molecule has 5 rings (SSSR count). The van der Waals surface area contributed by atoms with E-state index in [1.54, 1.807) is 13.2 Å². The third-order valence-electron chi connectivity index (χ3n) is 5.85. The number of aliphatic imine (C=N–C) groups is 1. The summed E-state index contributed by atoms with van der Waals surface area (Å²) in [5, 5.41) is 16.3. The second kappa shape index (κ2) is 8.19. The standard InChI is InChI=1S/C23H23N5O2S/c1-30-18-11-9-16(10-12-18)27-13-5-8-17(27)14-19-20(24)28-23(25-21(19)29)31-22(26-28)15-6-3-2-4-7-15/h5,8-15,24H,2-4,6-7H2,1H3/b19-14+,24-20?. The molecule has 8 heteroatoms. The van der Waals surface area contributed by atoms with Gasteiger partial charge in [0.25, 0.3) is 5.91 Å². The van der Waals surface area contributed by atoms with Gasteiger partial charge in [0.15, 0.2) is 5.84 Å². The molecule has 0 radical (unpaired) electrons. The maximum absolute atomic E-state index is 12.8. The quantitative estimate of drug-likeness (QED) is 0.710. The van der Waals surface area contributed by atoms with E-state index in [-0.39, 0.29) is 11.4 Å². The van der Waals surface area contributed by atoms with Gasteiger partial charge in [0.2, 0.25) is 5.17 Å². The van der Waals surface area contributed by atoms with Gasteiger partial charge in [-0.15, -0.1) is 0 Å². The molecule has 0 unspecified atom stereocenters. The Morgan fingerprint density at radius 1 is 1.16 bits per heavy atom. The largest absolute Gasteiger partial charge is 0.497 e. The Morgan fingerprint density at radius 2 is 1.94 bits per heavy atom. The average Bonchev–Trinajstić information content (AvgIpc) is 3.44. The van der Waals surface area contributed by atoms with Crippen molar-refractivity contribution < 1.29 is 9.53 Å². The van der Waals surface area contributed by atoms with Crippen LogP contribution in [0.4, 0.5) is 0 Å². The molecule has 158 valence electrons. The molecule has 31 heavy (non-hydrogen) atoms. The number of carbonyl (C=O) groups excluding carboxylic acids is 1. The highest BCUT2D eigenvalue weighted by Gasteiger charge is 2.38. The molecule has 1 aromatic carbocycles. The van der Waals surface area contributed by atoms with Crippen molar-refractivity contribution in [2.75, 3.05) is 7.11 Å². The van der Waals surface area contributed by atoms with Crippen LogP contribution >= 0.6 is 11.8 Å². The molecule has 7 nitrogen and oxygen atoms in total. The molecule has 1 saturated carbocycles. The van der Waals surface area contributed by atoms with E-state index in [2.05, 4.69) is 10.1 Å². The molecule has 0 bridgehead atoms. The number of amides is 1. The summed E-state index contributed by atoms with van der Waals surface area (Å²) in [4.78, 5) is 17.0. The fourth-order valence-electron chi connectivity index (χ4n) is 4.16. The second-order valence-electron chi connectivity index (χ2n) is 7.79. The second-order valence-corrected chi connectivity index (χ2v) is 8.78. The van der Waals surface area contributed by atoms with Crippen molar-refractivity contribution in [1.82, 2.24) is 9.58 Å². The minimum absolute atomic E-state index is 0.0794. The minimum Gasteiger partial charge on any atom is -0.497 e. The topological polar surface area (TPSA) is 83.0 Å². The zero-order valence-electron chi connectivity index (χ0n) is 17.2. The van der Waals surface area contributed by atoms with Crippen LogP contribution in [0.25, 0.3) is 11.8 Å². The first-order valence-corrected chi connectivity index (χ1v) is 11.3. The van der Waals surface area contributed by atoms with Crippen molar-refractivity contribution >= 4 is 39.8 Å². The highest BCUT2D eigenvalue weighted by Crippen LogP contribution is 2.36. The Morgan fingerprint density at radius 3 is 2.68 bits per heavy atom. The van der Waals surface area contributed by atoms with Crippen LogP contribution in [0.15, 0.2) is 58.3 Å². The third kappa shape index (κ3) is 3.72. The van der Waals surface area contributed by atoms with Crippen LogP contribution in [0.1, 0.15) is 37.8 Å². The van der Waals surface area contributed by atoms with E-state index in [4.69, 9.17) is 10.1 Å². The summed E-state index contributed by atoms with van der Waals surface area (Å²) in [5.74, 6) is 0.872. The first-order valence-electron chi connectivity index (χ1n) is 10.5. The maximum Gasteiger partial charge on any atom is 0.283 e. The van der Waals surface area contributed by atoms with Gasteiger partial charge in [-0.1, -0.05) is 19.3 Å². The van der Waals surface area contributed by atoms with Crippen LogP contribution in [-0.4, -0.2) is 38.6 Å². The number of aromatic nitrogens is 1. The van der Waals surface area contributed by atoms with Crippen LogP contribution in [0.3, 0.4) is 0 Å². The summed E-state index contributed by atoms with van der Waals surface area (Å²) in [6, 6.07) is 11.5. The van der Waals surface area contributed by atoms with Gasteiger partial charge in [0.1, 0.15) is 10.8 Å². The van der Waals surface area contributed by atoms with Gasteiger partial charge in [-0.05, 0) is 67.1 Å². The van der Waals surface area contributed by atoms with Crippen LogP contribution in [-0.2, 0) is 4.79 Å². The first kappa shape index (κ1) is 19.8. The molecule has 1 fully saturated rings. The highest BCUT2D eigenvalue weighted by atomic mass is 32.2. The monoisotopic (exact) mass is 433 g/mol. The molecule has 1 aromatic heterocycles. The molecule has 3 heterocycles. The molecule has 3 aliphatic rings. The maximum atomic E-state index is 12.8. The van der Waals surface area contributed by atoms with Gasteiger partial charge in [-0.25, -0.2) is 0 Å². The summed E-state index contributed by atoms with van der Waals surface area (Å²) in [7, 11) is 1.63. The van der Waals surface area contributed by atoms with Crippen LogP contribution < -0.4 is 4.74 Å². The van der Waals surface area contributed by atoms with Crippen molar-refractivity contribution in [1.29, 1.82) is 5.41 Å². The molecule has 1 amide bonds. The molecule has 1 aliphatic carbocycles. The van der Waals surface area contributed by atoms with E-state index in [0.717, 1.165) is 35.0 Å². The molecule has 0 atom stereocenters. The Bertz CT molecular complexity index is 1120. The van der Waals surface area contributed by atoms with Gasteiger partial charge in [-0.3, -0.25) is 10.2 Å². The summed E-state index contributed by atoms with van der Waals surface area (Å²) in [6.45, 7) is 0. The Labute approximate surface area is 185 Å². The van der Waals surface area contributed by atoms with E-state index in [0.29, 0.717) is 11.1 Å². The van der Waals surface area contributed by atoms with E-state index in [1.807, 2.05) is 47.2 Å². The number of rotatable bonds is 4. The number of amidine groups is 2. The number of carbonyl (C=O) groups is 1. The fraction of sp³-hybridized carbons (Fsp3) is 0.304. The van der Waals surface area contributed by atoms with Crippen LogP contribution in [0.5, 0.6) is 5.75 Å². The van der Waals surface area contributed by atoms with Gasteiger partial charge in [-0.2, -0.15) is 15.1 Å². The van der Waals surface area contributed by atoms with E-state index < -0.39 is 5.91 Å². The predicted octanol–water partition coefficient (Wildman–Crippen LogP) is 4.69. The lowest BCUT2D eigenvalue weighted by Gasteiger charge is -2.20. The number of nitrogens with one attached hydrogen (secondary N) is 1. The summed E-state index contributed by atoms with van der Waals surface area (Å²) < 4.78 is 7.19. The molecule has 0 saturated heterocycles. The Hall–Kier alpha value is -3.13. The zero-order chi connectivity index (χ0) is 21.4. The molecule has 2 aromatic rings. The minimum atomic E-state index is -0.397. The molecule has 1 N–H and O–H groups in total. The fourth-order valence-corrected chi connectivity index (χ4v) is 5.22. The lowest BCUT2D eigenvalue weighted by Crippen LogP contribution is -2.35. The Kier molecular flexibility index (Phi) is 5.23. The van der Waals surface area contributed by atoms with Crippen molar-refractivity contribution in [2.45, 2.75) is 32.1 Å². The van der Waals surface area contributed by atoms with Crippen LogP contribution in [0.2, 0.25) is 0 Å². The van der Waals surface area contributed by atoms with E-state index in [1.165, 1.54) is 36.0 Å². The number of hydrazone groups is 1. The molecule has 0 spiro atoms. The van der Waals surface area contributed by atoms with E-state index >= 15 is 0 Å². The smallest absolute Gasteiger partial charge is 0.283 e. The summed E-state index contributed by atoms with van der Waals surface area (Å²) in [5.41, 5.74) is 1.97. The predicted molar refractivity (Wildman–Crippen MR) is 124 cm³/mol. The lowest BCUT2D eigenvalue weighted by molar-refractivity contribution is -0.114. The number of ether oxygens (including phenoxy) is 1. The summed E-state index contributed by atoms with van der Waals surface area (Å²) >= 11 is 1.44. The molecular formula is C23H23N5O2S. The number of hydrogen-bond donors (Lipinski definition) is 1. The molecule has 2 aliphatic heterocycles. The molecular weight excluding hydrogens is 410 g/mol. The number of methoxy groups -OCH3 is 1. The zero-order valence-corrected chi connectivity index (χ0v) is 18.1. The number of hydrogen-bond acceptors (Lipinski definition) is 5. The van der Waals surface area contributed by atoms with Crippen molar-refractivity contribution in [3.05, 3.63) is 53.9 Å². The van der Waals surface area contributed by atoms with Gasteiger partial charge < -0.3 is 9.30 Å². The summed E-state index contributed by atoms with van der Waals surface area (Å²) in [6.07, 6.45) is 9.56. The van der Waals surface area contributed by atoms with Gasteiger partial charge in [0, 0.05) is 23.5 Å². The third-order valence-corrected chi connectivity index (χ3v) is 6.92. The van der Waals surface area contributed by atoms with Crippen molar-refractivity contribution in [2.24, 2.45) is 16.0 Å². The van der Waals surface area contributed by atoms with Crippen LogP contribution in [0, 0.1) is 11.3 Å². The van der Waals surface area contributed by atoms with E-state index in [9.17, 15) is 4.79 Å². The van der Waals surface area contributed by atoms with Crippen molar-refractivity contribution in [3.63, 3.8) is 0 Å². The normalized spacial score (nSPS) is 20.7. The number of fused-ring (bicyclic) bond motifs is 1. The number of nitrogens with zero attached hydrogens (tertiary/aromatic N) is 4. The Balaban J connectivity index is 1.44. The number of thioether (sulfide) groups is 1. The number of benzene rings is 1. The average molecular weight is 434 g/mol. The van der Waals surface area contributed by atoms with Gasteiger partial charge in [0.05, 0.1) is 12.7 Å². The SMILES string of the molecule is COc1ccc(-n2cccc2/C=C2\C(=N)N3N=C(C4CCCCC4)SC3=NC2=O)cc1. The van der Waals surface area contributed by atoms with Gasteiger partial charge >= 0.3 is 0 Å². The first-order chi connectivity index (χ1) is 15.1. The lowest BCUT2D eigenvalue weighted by atomic mass is 9.90. The van der Waals surface area contributed by atoms with Crippen molar-refractivity contribution in [3.8, 4) is 11.4 Å². The highest BCUT2D eigenvalue weighted by molar-refractivity contribution is 8.27.